The smallest absolute Gasteiger partial charge is 0.222 e. The van der Waals surface area contributed by atoms with Gasteiger partial charge in [0.05, 0.1) is 5.56 Å². The molecule has 0 spiro atoms. The fourth-order valence-electron chi connectivity index (χ4n) is 1.81. The summed E-state index contributed by atoms with van der Waals surface area (Å²) in [5, 5.41) is 3.22. The molecule has 0 aliphatic carbocycles. The van der Waals surface area contributed by atoms with Gasteiger partial charge in [-0.25, -0.2) is 4.98 Å². The molecule has 2 aromatic rings. The Morgan fingerprint density at radius 3 is 2.53 bits per heavy atom. The van der Waals surface area contributed by atoms with Crippen molar-refractivity contribution >= 4 is 5.82 Å². The summed E-state index contributed by atoms with van der Waals surface area (Å²) in [7, 11) is 0. The quantitative estimate of drug-likeness (QED) is 0.894. The summed E-state index contributed by atoms with van der Waals surface area (Å²) in [6, 6.07) is 10.1. The highest BCUT2D eigenvalue weighted by Crippen LogP contribution is 2.22. The summed E-state index contributed by atoms with van der Waals surface area (Å²) in [4.78, 5) is 8.73. The molecule has 0 aliphatic rings. The highest BCUT2D eigenvalue weighted by Gasteiger charge is 2.09. The van der Waals surface area contributed by atoms with Crippen LogP contribution in [0.5, 0.6) is 5.88 Å². The van der Waals surface area contributed by atoms with Crippen LogP contribution in [0, 0.1) is 13.8 Å². The monoisotopic (exact) mass is 257 g/mol. The Morgan fingerprint density at radius 1 is 1.11 bits per heavy atom. The third-order valence-corrected chi connectivity index (χ3v) is 2.78. The van der Waals surface area contributed by atoms with E-state index in [1.165, 1.54) is 0 Å². The zero-order valence-corrected chi connectivity index (χ0v) is 11.6. The summed E-state index contributed by atoms with van der Waals surface area (Å²) >= 11 is 0. The summed E-state index contributed by atoms with van der Waals surface area (Å²) in [5.41, 5.74) is 2.08. The number of hydrogen-bond acceptors (Lipinski definition) is 4. The van der Waals surface area contributed by atoms with Gasteiger partial charge in [-0.15, -0.1) is 0 Å². The van der Waals surface area contributed by atoms with Crippen molar-refractivity contribution in [3.63, 3.8) is 0 Å². The van der Waals surface area contributed by atoms with Crippen molar-refractivity contribution < 1.29 is 4.74 Å². The molecule has 100 valence electrons. The van der Waals surface area contributed by atoms with E-state index in [0.29, 0.717) is 18.3 Å². The summed E-state index contributed by atoms with van der Waals surface area (Å²) < 4.78 is 5.80. The van der Waals surface area contributed by atoms with Gasteiger partial charge in [0.15, 0.2) is 0 Å². The Balaban J connectivity index is 2.16. The van der Waals surface area contributed by atoms with Crippen molar-refractivity contribution in [2.75, 3.05) is 11.9 Å². The molecule has 1 aromatic carbocycles. The van der Waals surface area contributed by atoms with Gasteiger partial charge in [0.2, 0.25) is 5.88 Å². The van der Waals surface area contributed by atoms with E-state index in [-0.39, 0.29) is 0 Å². The van der Waals surface area contributed by atoms with Gasteiger partial charge < -0.3 is 10.1 Å². The van der Waals surface area contributed by atoms with Gasteiger partial charge in [0.25, 0.3) is 0 Å². The lowest BCUT2D eigenvalue weighted by molar-refractivity contribution is 0.290. The zero-order chi connectivity index (χ0) is 13.7. The van der Waals surface area contributed by atoms with Gasteiger partial charge in [-0.05, 0) is 26.3 Å². The van der Waals surface area contributed by atoms with Crippen LogP contribution in [0.3, 0.4) is 0 Å². The molecule has 0 atom stereocenters. The lowest BCUT2D eigenvalue weighted by Crippen LogP contribution is -2.07. The van der Waals surface area contributed by atoms with Crippen LogP contribution in [0.25, 0.3) is 0 Å². The Hall–Kier alpha value is -2.10. The van der Waals surface area contributed by atoms with Crippen LogP contribution in [-0.4, -0.2) is 16.5 Å². The van der Waals surface area contributed by atoms with Gasteiger partial charge in [0, 0.05) is 6.54 Å². The number of anilines is 1. The summed E-state index contributed by atoms with van der Waals surface area (Å²) in [6.07, 6.45) is 0. The molecule has 0 fully saturated rings. The maximum absolute atomic E-state index is 5.80. The highest BCUT2D eigenvalue weighted by molar-refractivity contribution is 5.48. The fraction of sp³-hybridized carbons (Fsp3) is 0.333. The first-order valence-corrected chi connectivity index (χ1v) is 6.46. The molecule has 4 nitrogen and oxygen atoms in total. The van der Waals surface area contributed by atoms with E-state index in [9.17, 15) is 0 Å². The summed E-state index contributed by atoms with van der Waals surface area (Å²) in [6.45, 7) is 7.23. The number of nitrogens with zero attached hydrogens (tertiary/aromatic N) is 2. The van der Waals surface area contributed by atoms with Gasteiger partial charge in [-0.3, -0.25) is 0 Å². The molecule has 0 radical (unpaired) electrons. The van der Waals surface area contributed by atoms with Gasteiger partial charge >= 0.3 is 0 Å². The molecule has 4 heteroatoms. The average molecular weight is 257 g/mol. The number of benzene rings is 1. The van der Waals surface area contributed by atoms with Gasteiger partial charge in [-0.1, -0.05) is 30.3 Å². The second-order valence-electron chi connectivity index (χ2n) is 4.35. The zero-order valence-electron chi connectivity index (χ0n) is 11.6. The molecule has 0 saturated carbocycles. The molecule has 0 saturated heterocycles. The average Bonchev–Trinajstić information content (AvgIpc) is 2.42. The van der Waals surface area contributed by atoms with E-state index >= 15 is 0 Å². The molecular weight excluding hydrogens is 238 g/mol. The lowest BCUT2D eigenvalue weighted by Gasteiger charge is -2.12. The molecule has 2 rings (SSSR count). The van der Waals surface area contributed by atoms with Crippen LogP contribution in [0.1, 0.15) is 23.9 Å². The first-order valence-electron chi connectivity index (χ1n) is 6.46. The second-order valence-corrected chi connectivity index (χ2v) is 4.35. The number of hydrogen-bond donors (Lipinski definition) is 1. The van der Waals surface area contributed by atoms with E-state index < -0.39 is 0 Å². The Labute approximate surface area is 113 Å². The van der Waals surface area contributed by atoms with E-state index in [2.05, 4.69) is 15.3 Å². The van der Waals surface area contributed by atoms with Crippen LogP contribution in [-0.2, 0) is 6.61 Å². The minimum absolute atomic E-state index is 0.518. The maximum Gasteiger partial charge on any atom is 0.222 e. The van der Waals surface area contributed by atoms with E-state index in [1.807, 2.05) is 51.1 Å². The SMILES string of the molecule is CCNc1nc(C)nc(OCc2ccccc2)c1C. The van der Waals surface area contributed by atoms with Crippen molar-refractivity contribution in [2.45, 2.75) is 27.4 Å². The van der Waals surface area contributed by atoms with Gasteiger partial charge in [-0.2, -0.15) is 4.98 Å². The molecule has 1 heterocycles. The third-order valence-electron chi connectivity index (χ3n) is 2.78. The van der Waals surface area contributed by atoms with Crippen molar-refractivity contribution in [3.8, 4) is 5.88 Å². The Kier molecular flexibility index (Phi) is 4.34. The van der Waals surface area contributed by atoms with Crippen LogP contribution in [0.4, 0.5) is 5.82 Å². The number of rotatable bonds is 5. The normalized spacial score (nSPS) is 10.3. The predicted octanol–water partition coefficient (Wildman–Crippen LogP) is 3.10. The fourth-order valence-corrected chi connectivity index (χ4v) is 1.81. The van der Waals surface area contributed by atoms with Crippen LogP contribution in [0.2, 0.25) is 0 Å². The molecule has 0 bridgehead atoms. The molecule has 0 unspecified atom stereocenters. The molecule has 1 N–H and O–H groups in total. The van der Waals surface area contributed by atoms with E-state index in [0.717, 1.165) is 23.5 Å². The van der Waals surface area contributed by atoms with E-state index in [4.69, 9.17) is 4.74 Å². The lowest BCUT2D eigenvalue weighted by atomic mass is 10.2. The topological polar surface area (TPSA) is 47.0 Å². The summed E-state index contributed by atoms with van der Waals surface area (Å²) in [5.74, 6) is 2.20. The standard InChI is InChI=1S/C15H19N3O/c1-4-16-14-11(2)15(18-12(3)17-14)19-10-13-8-6-5-7-9-13/h5-9H,4,10H2,1-3H3,(H,16,17,18). The molecule has 1 aromatic heterocycles. The van der Waals surface area contributed by atoms with Crippen molar-refractivity contribution in [1.82, 2.24) is 9.97 Å². The van der Waals surface area contributed by atoms with Crippen molar-refractivity contribution in [1.29, 1.82) is 0 Å². The molecule has 19 heavy (non-hydrogen) atoms. The molecule has 0 amide bonds. The first kappa shape index (κ1) is 13.3. The van der Waals surface area contributed by atoms with Crippen LogP contribution in [0.15, 0.2) is 30.3 Å². The molecular formula is C15H19N3O. The first-order chi connectivity index (χ1) is 9.20. The van der Waals surface area contributed by atoms with Crippen LogP contribution < -0.4 is 10.1 Å². The minimum atomic E-state index is 0.518. The Morgan fingerprint density at radius 2 is 1.84 bits per heavy atom. The van der Waals surface area contributed by atoms with Gasteiger partial charge in [0.1, 0.15) is 18.2 Å². The number of nitrogens with one attached hydrogen (secondary N) is 1. The third kappa shape index (κ3) is 3.44. The van der Waals surface area contributed by atoms with Crippen LogP contribution >= 0.6 is 0 Å². The van der Waals surface area contributed by atoms with Crippen molar-refractivity contribution in [2.24, 2.45) is 0 Å². The largest absolute Gasteiger partial charge is 0.472 e. The minimum Gasteiger partial charge on any atom is -0.472 e. The maximum atomic E-state index is 5.80. The highest BCUT2D eigenvalue weighted by atomic mass is 16.5. The number of ether oxygens (including phenoxy) is 1. The van der Waals surface area contributed by atoms with Crippen molar-refractivity contribution in [3.05, 3.63) is 47.3 Å². The van der Waals surface area contributed by atoms with E-state index in [1.54, 1.807) is 0 Å². The predicted molar refractivity (Wildman–Crippen MR) is 76.4 cm³/mol. The second kappa shape index (κ2) is 6.18. The number of aryl methyl sites for hydroxylation is 1. The molecule has 0 aliphatic heterocycles. The Bertz CT molecular complexity index is 541. The number of aromatic nitrogens is 2.